The van der Waals surface area contributed by atoms with E-state index in [1.807, 2.05) is 4.90 Å². The molecule has 2 aromatic heterocycles. The van der Waals surface area contributed by atoms with Crippen LogP contribution in [0.25, 0.3) is 0 Å². The molecule has 0 radical (unpaired) electrons. The van der Waals surface area contributed by atoms with E-state index < -0.39 is 5.82 Å². The Morgan fingerprint density at radius 1 is 1.25 bits per heavy atom. The zero-order valence-corrected chi connectivity index (χ0v) is 15.6. The Hall–Kier alpha value is -3.04. The molecular formula is C19H17FN4O3S. The first-order valence-electron chi connectivity index (χ1n) is 8.68. The number of hydrogen-bond acceptors (Lipinski definition) is 6. The molecule has 0 unspecified atom stereocenters. The predicted molar refractivity (Wildman–Crippen MR) is 103 cm³/mol. The van der Waals surface area contributed by atoms with Crippen molar-refractivity contribution in [3.63, 3.8) is 0 Å². The molecule has 0 spiro atoms. The van der Waals surface area contributed by atoms with Crippen molar-refractivity contribution in [2.75, 3.05) is 23.7 Å². The fourth-order valence-corrected chi connectivity index (χ4v) is 4.02. The molecular weight excluding hydrogens is 383 g/mol. The number of carbonyl (C=O) groups is 2. The summed E-state index contributed by atoms with van der Waals surface area (Å²) in [4.78, 5) is 31.8. The summed E-state index contributed by atoms with van der Waals surface area (Å²) in [6.07, 6.45) is 2.13. The third-order valence-electron chi connectivity index (χ3n) is 4.25. The zero-order chi connectivity index (χ0) is 19.5. The smallest absolute Gasteiger partial charge is 0.293 e. The molecule has 0 aliphatic carbocycles. The normalized spacial score (nSPS) is 13.8. The summed E-state index contributed by atoms with van der Waals surface area (Å²) in [5.74, 6) is -0.717. The van der Waals surface area contributed by atoms with Crippen LogP contribution in [0, 0.1) is 5.82 Å². The highest BCUT2D eigenvalue weighted by Crippen LogP contribution is 2.28. The van der Waals surface area contributed by atoms with Crippen LogP contribution >= 0.6 is 11.3 Å². The second-order valence-corrected chi connectivity index (χ2v) is 7.42. The average molecular weight is 400 g/mol. The van der Waals surface area contributed by atoms with Gasteiger partial charge in [0.1, 0.15) is 5.82 Å². The van der Waals surface area contributed by atoms with Gasteiger partial charge in [0.05, 0.1) is 18.5 Å². The Kier molecular flexibility index (Phi) is 5.18. The van der Waals surface area contributed by atoms with E-state index in [9.17, 15) is 14.0 Å². The Labute approximate surface area is 164 Å². The van der Waals surface area contributed by atoms with E-state index >= 15 is 0 Å². The van der Waals surface area contributed by atoms with E-state index in [-0.39, 0.29) is 24.1 Å². The standard InChI is InChI=1S/C19H17FN4O3S/c20-12-3-1-4-13(9-12)21-17(25)11-24-7-6-14-16(10-24)28-19(22-14)23-18(26)15-5-2-8-27-15/h1-5,8-9H,6-7,10-11H2,(H,21,25)(H,22,23,26). The van der Waals surface area contributed by atoms with Crippen molar-refractivity contribution in [3.8, 4) is 0 Å². The molecule has 0 saturated carbocycles. The number of halogens is 1. The Bertz CT molecular complexity index is 1000. The second kappa shape index (κ2) is 7.91. The van der Waals surface area contributed by atoms with Crippen molar-refractivity contribution in [3.05, 3.63) is 64.8 Å². The number of hydrogen-bond donors (Lipinski definition) is 2. The summed E-state index contributed by atoms with van der Waals surface area (Å²) in [6.45, 7) is 1.45. The minimum atomic E-state index is -0.394. The summed E-state index contributed by atoms with van der Waals surface area (Å²) < 4.78 is 18.3. The molecule has 4 rings (SSSR count). The fraction of sp³-hybridized carbons (Fsp3) is 0.211. The molecule has 0 bridgehead atoms. The van der Waals surface area contributed by atoms with Crippen molar-refractivity contribution < 1.29 is 18.4 Å². The summed E-state index contributed by atoms with van der Waals surface area (Å²) >= 11 is 1.39. The summed E-state index contributed by atoms with van der Waals surface area (Å²) in [6, 6.07) is 9.04. The third-order valence-corrected chi connectivity index (χ3v) is 5.25. The maximum Gasteiger partial charge on any atom is 0.293 e. The van der Waals surface area contributed by atoms with Crippen LogP contribution in [0.3, 0.4) is 0 Å². The van der Waals surface area contributed by atoms with E-state index in [1.54, 1.807) is 24.3 Å². The molecule has 0 fully saturated rings. The number of benzene rings is 1. The van der Waals surface area contributed by atoms with Gasteiger partial charge in [-0.2, -0.15) is 0 Å². The highest BCUT2D eigenvalue weighted by atomic mass is 32.1. The van der Waals surface area contributed by atoms with Crippen LogP contribution in [0.2, 0.25) is 0 Å². The van der Waals surface area contributed by atoms with Gasteiger partial charge in [0.15, 0.2) is 10.9 Å². The van der Waals surface area contributed by atoms with Crippen LogP contribution in [0.1, 0.15) is 21.1 Å². The third kappa shape index (κ3) is 4.26. The van der Waals surface area contributed by atoms with E-state index in [2.05, 4.69) is 15.6 Å². The van der Waals surface area contributed by atoms with Gasteiger partial charge < -0.3 is 9.73 Å². The van der Waals surface area contributed by atoms with Crippen LogP contribution in [-0.4, -0.2) is 34.8 Å². The number of nitrogens with one attached hydrogen (secondary N) is 2. The van der Waals surface area contributed by atoms with Crippen molar-refractivity contribution in [1.29, 1.82) is 0 Å². The van der Waals surface area contributed by atoms with Crippen LogP contribution in [0.15, 0.2) is 47.1 Å². The highest BCUT2D eigenvalue weighted by molar-refractivity contribution is 7.15. The molecule has 2 amide bonds. The highest BCUT2D eigenvalue weighted by Gasteiger charge is 2.23. The van der Waals surface area contributed by atoms with Crippen molar-refractivity contribution >= 4 is 34.0 Å². The van der Waals surface area contributed by atoms with E-state index in [1.165, 1.54) is 29.7 Å². The maximum atomic E-state index is 13.2. The number of anilines is 2. The van der Waals surface area contributed by atoms with Crippen LogP contribution < -0.4 is 10.6 Å². The van der Waals surface area contributed by atoms with E-state index in [0.717, 1.165) is 10.6 Å². The average Bonchev–Trinajstić information content (AvgIpc) is 3.30. The monoisotopic (exact) mass is 400 g/mol. The molecule has 0 atom stereocenters. The lowest BCUT2D eigenvalue weighted by atomic mass is 10.2. The molecule has 144 valence electrons. The van der Waals surface area contributed by atoms with Crippen molar-refractivity contribution in [2.24, 2.45) is 0 Å². The molecule has 0 saturated heterocycles. The zero-order valence-electron chi connectivity index (χ0n) is 14.8. The lowest BCUT2D eigenvalue weighted by Crippen LogP contribution is -2.36. The quantitative estimate of drug-likeness (QED) is 0.687. The number of fused-ring (bicyclic) bond motifs is 1. The number of amides is 2. The Morgan fingerprint density at radius 3 is 2.93 bits per heavy atom. The molecule has 1 aliphatic rings. The molecule has 1 aromatic carbocycles. The van der Waals surface area contributed by atoms with Crippen LogP contribution in [-0.2, 0) is 17.8 Å². The van der Waals surface area contributed by atoms with Crippen molar-refractivity contribution in [2.45, 2.75) is 13.0 Å². The number of carbonyl (C=O) groups excluding carboxylic acids is 2. The van der Waals surface area contributed by atoms with E-state index in [4.69, 9.17) is 4.42 Å². The topological polar surface area (TPSA) is 87.5 Å². The predicted octanol–water partition coefficient (Wildman–Crippen LogP) is 3.12. The Balaban J connectivity index is 1.35. The second-order valence-electron chi connectivity index (χ2n) is 6.34. The van der Waals surface area contributed by atoms with Gasteiger partial charge in [-0.1, -0.05) is 6.07 Å². The first kappa shape index (κ1) is 18.3. The molecule has 28 heavy (non-hydrogen) atoms. The van der Waals surface area contributed by atoms with Gasteiger partial charge in [-0.05, 0) is 30.3 Å². The lowest BCUT2D eigenvalue weighted by molar-refractivity contribution is -0.117. The summed E-state index contributed by atoms with van der Waals surface area (Å²) in [5, 5.41) is 5.95. The van der Waals surface area contributed by atoms with Crippen LogP contribution in [0.4, 0.5) is 15.2 Å². The molecule has 3 aromatic rings. The van der Waals surface area contributed by atoms with Gasteiger partial charge in [-0.3, -0.25) is 19.8 Å². The molecule has 1 aliphatic heterocycles. The van der Waals surface area contributed by atoms with Gasteiger partial charge >= 0.3 is 0 Å². The maximum absolute atomic E-state index is 13.2. The lowest BCUT2D eigenvalue weighted by Gasteiger charge is -2.25. The molecule has 3 heterocycles. The largest absolute Gasteiger partial charge is 0.459 e. The number of nitrogens with zero attached hydrogens (tertiary/aromatic N) is 2. The van der Waals surface area contributed by atoms with Gasteiger partial charge in [0, 0.05) is 30.1 Å². The van der Waals surface area contributed by atoms with Gasteiger partial charge in [-0.25, -0.2) is 9.37 Å². The minimum Gasteiger partial charge on any atom is -0.459 e. The number of furan rings is 1. The van der Waals surface area contributed by atoms with Crippen LogP contribution in [0.5, 0.6) is 0 Å². The molecule has 9 heteroatoms. The minimum absolute atomic E-state index is 0.196. The molecule has 2 N–H and O–H groups in total. The fourth-order valence-electron chi connectivity index (χ4n) is 2.97. The van der Waals surface area contributed by atoms with Crippen molar-refractivity contribution in [1.82, 2.24) is 9.88 Å². The summed E-state index contributed by atoms with van der Waals surface area (Å²) in [5.41, 5.74) is 1.37. The number of rotatable bonds is 5. The summed E-state index contributed by atoms with van der Waals surface area (Å²) in [7, 11) is 0. The van der Waals surface area contributed by atoms with Gasteiger partial charge in [-0.15, -0.1) is 11.3 Å². The number of aromatic nitrogens is 1. The number of thiazole rings is 1. The van der Waals surface area contributed by atoms with E-state index in [0.29, 0.717) is 30.3 Å². The Morgan fingerprint density at radius 2 is 2.14 bits per heavy atom. The molecule has 7 nitrogen and oxygen atoms in total. The van der Waals surface area contributed by atoms with Gasteiger partial charge in [0.25, 0.3) is 5.91 Å². The SMILES string of the molecule is O=C(CN1CCc2nc(NC(=O)c3ccco3)sc2C1)Nc1cccc(F)c1. The first-order chi connectivity index (χ1) is 13.6. The van der Waals surface area contributed by atoms with Gasteiger partial charge in [0.2, 0.25) is 5.91 Å². The first-order valence-corrected chi connectivity index (χ1v) is 9.50.